The monoisotopic (exact) mass is 388 g/mol. The number of carbonyl (C=O) groups is 2. The summed E-state index contributed by atoms with van der Waals surface area (Å²) in [7, 11) is 0. The molecule has 2 amide bonds. The Morgan fingerprint density at radius 3 is 2.75 bits per heavy atom. The lowest BCUT2D eigenvalue weighted by atomic mass is 9.98. The number of rotatable bonds is 4. The number of ether oxygens (including phenoxy) is 1. The number of carbonyl (C=O) groups excluding carboxylic acids is 2. The molecule has 28 heavy (non-hydrogen) atoms. The van der Waals surface area contributed by atoms with Gasteiger partial charge in [0.05, 0.1) is 25.1 Å². The van der Waals surface area contributed by atoms with Gasteiger partial charge in [0.15, 0.2) is 5.69 Å². The standard InChI is InChI=1S/C18H24N6O4/c1-13-9-16(28-20-13)18(26)23-4-2-3-14(10-23)11-24-12-15(19-21-24)17(25)22-5-7-27-8-6-22/h9,12,14H,2-8,10-11H2,1H3/t14-/m1/s1. The molecular formula is C18H24N6O4. The van der Waals surface area contributed by atoms with Crippen LogP contribution in [-0.4, -0.2) is 81.2 Å². The molecule has 2 aromatic heterocycles. The Balaban J connectivity index is 1.36. The van der Waals surface area contributed by atoms with E-state index in [1.54, 1.807) is 33.7 Å². The molecular weight excluding hydrogens is 364 g/mol. The lowest BCUT2D eigenvalue weighted by Gasteiger charge is -2.31. The van der Waals surface area contributed by atoms with Gasteiger partial charge in [0.2, 0.25) is 5.76 Å². The first kappa shape index (κ1) is 18.6. The van der Waals surface area contributed by atoms with Crippen LogP contribution >= 0.6 is 0 Å². The molecule has 0 saturated carbocycles. The second-order valence-electron chi connectivity index (χ2n) is 7.32. The van der Waals surface area contributed by atoms with Gasteiger partial charge in [-0.2, -0.15) is 0 Å². The van der Waals surface area contributed by atoms with Gasteiger partial charge in [0, 0.05) is 38.8 Å². The number of aryl methyl sites for hydroxylation is 1. The molecule has 2 saturated heterocycles. The molecule has 0 radical (unpaired) electrons. The predicted octanol–water partition coefficient (Wildman–Crippen LogP) is 0.599. The van der Waals surface area contributed by atoms with Crippen LogP contribution in [0.4, 0.5) is 0 Å². The fourth-order valence-corrected chi connectivity index (χ4v) is 3.70. The van der Waals surface area contributed by atoms with Crippen LogP contribution in [-0.2, 0) is 11.3 Å². The van der Waals surface area contributed by atoms with E-state index in [0.29, 0.717) is 57.3 Å². The summed E-state index contributed by atoms with van der Waals surface area (Å²) < 4.78 is 12.1. The maximum absolute atomic E-state index is 12.6. The van der Waals surface area contributed by atoms with Crippen molar-refractivity contribution in [3.8, 4) is 0 Å². The average molecular weight is 388 g/mol. The Bertz CT molecular complexity index is 841. The number of amides is 2. The average Bonchev–Trinajstić information content (AvgIpc) is 3.37. The van der Waals surface area contributed by atoms with Crippen LogP contribution in [0.5, 0.6) is 0 Å². The van der Waals surface area contributed by atoms with Crippen LogP contribution in [0.15, 0.2) is 16.8 Å². The van der Waals surface area contributed by atoms with Gasteiger partial charge in [0.1, 0.15) is 0 Å². The van der Waals surface area contributed by atoms with Gasteiger partial charge in [-0.15, -0.1) is 5.10 Å². The van der Waals surface area contributed by atoms with Gasteiger partial charge in [-0.25, -0.2) is 0 Å². The van der Waals surface area contributed by atoms with E-state index in [1.165, 1.54) is 0 Å². The van der Waals surface area contributed by atoms with E-state index < -0.39 is 0 Å². The minimum absolute atomic E-state index is 0.115. The number of nitrogens with zero attached hydrogens (tertiary/aromatic N) is 6. The van der Waals surface area contributed by atoms with E-state index in [1.807, 2.05) is 0 Å². The smallest absolute Gasteiger partial charge is 0.292 e. The topological polar surface area (TPSA) is 107 Å². The highest BCUT2D eigenvalue weighted by atomic mass is 16.5. The van der Waals surface area contributed by atoms with Crippen LogP contribution in [0.1, 0.15) is 39.6 Å². The number of likely N-dealkylation sites (tertiary alicyclic amines) is 1. The number of hydrogen-bond donors (Lipinski definition) is 0. The Hall–Kier alpha value is -2.75. The van der Waals surface area contributed by atoms with Crippen molar-refractivity contribution < 1.29 is 18.8 Å². The molecule has 10 nitrogen and oxygen atoms in total. The third-order valence-electron chi connectivity index (χ3n) is 5.15. The van der Waals surface area contributed by atoms with Crippen LogP contribution in [0, 0.1) is 12.8 Å². The van der Waals surface area contributed by atoms with Crippen molar-refractivity contribution in [1.29, 1.82) is 0 Å². The van der Waals surface area contributed by atoms with Crippen molar-refractivity contribution in [3.05, 3.63) is 29.4 Å². The Morgan fingerprint density at radius 1 is 1.18 bits per heavy atom. The van der Waals surface area contributed by atoms with Crippen molar-refractivity contribution >= 4 is 11.8 Å². The van der Waals surface area contributed by atoms with Crippen LogP contribution in [0.3, 0.4) is 0 Å². The van der Waals surface area contributed by atoms with E-state index in [9.17, 15) is 9.59 Å². The summed E-state index contributed by atoms with van der Waals surface area (Å²) in [6.45, 7) is 5.98. The molecule has 4 rings (SSSR count). The van der Waals surface area contributed by atoms with Gasteiger partial charge in [-0.1, -0.05) is 10.4 Å². The maximum atomic E-state index is 12.6. The summed E-state index contributed by atoms with van der Waals surface area (Å²) in [5.41, 5.74) is 1.04. The van der Waals surface area contributed by atoms with E-state index >= 15 is 0 Å². The second kappa shape index (κ2) is 8.09. The highest BCUT2D eigenvalue weighted by Crippen LogP contribution is 2.20. The Kier molecular flexibility index (Phi) is 5.38. The molecule has 0 N–H and O–H groups in total. The Labute approximate surface area is 162 Å². The van der Waals surface area contributed by atoms with Crippen molar-refractivity contribution in [3.63, 3.8) is 0 Å². The van der Waals surface area contributed by atoms with Crippen LogP contribution in [0.25, 0.3) is 0 Å². The molecule has 0 bridgehead atoms. The summed E-state index contributed by atoms with van der Waals surface area (Å²) in [5, 5.41) is 11.9. The first-order valence-electron chi connectivity index (χ1n) is 9.60. The summed E-state index contributed by atoms with van der Waals surface area (Å²) >= 11 is 0. The molecule has 2 aliphatic rings. The summed E-state index contributed by atoms with van der Waals surface area (Å²) in [5.74, 6) is 0.273. The zero-order valence-corrected chi connectivity index (χ0v) is 15.9. The molecule has 2 aliphatic heterocycles. The van der Waals surface area contributed by atoms with Crippen molar-refractivity contribution in [2.45, 2.75) is 26.3 Å². The molecule has 0 aromatic carbocycles. The number of hydrogen-bond acceptors (Lipinski definition) is 7. The lowest BCUT2D eigenvalue weighted by molar-refractivity contribution is 0.0299. The van der Waals surface area contributed by atoms with Gasteiger partial charge >= 0.3 is 0 Å². The van der Waals surface area contributed by atoms with E-state index in [4.69, 9.17) is 9.26 Å². The number of morpholine rings is 1. The minimum Gasteiger partial charge on any atom is -0.378 e. The summed E-state index contributed by atoms with van der Waals surface area (Å²) in [6, 6.07) is 1.66. The van der Waals surface area contributed by atoms with E-state index in [-0.39, 0.29) is 23.5 Å². The molecule has 150 valence electrons. The zero-order chi connectivity index (χ0) is 19.5. The zero-order valence-electron chi connectivity index (χ0n) is 15.9. The maximum Gasteiger partial charge on any atom is 0.292 e. The molecule has 0 aliphatic carbocycles. The third-order valence-corrected chi connectivity index (χ3v) is 5.15. The largest absolute Gasteiger partial charge is 0.378 e. The lowest BCUT2D eigenvalue weighted by Crippen LogP contribution is -2.41. The normalized spacial score (nSPS) is 20.4. The highest BCUT2D eigenvalue weighted by Gasteiger charge is 2.28. The van der Waals surface area contributed by atoms with Crippen molar-refractivity contribution in [1.82, 2.24) is 30.0 Å². The molecule has 0 spiro atoms. The van der Waals surface area contributed by atoms with Gasteiger partial charge in [-0.05, 0) is 25.7 Å². The van der Waals surface area contributed by atoms with Crippen molar-refractivity contribution in [2.24, 2.45) is 5.92 Å². The fraction of sp³-hybridized carbons (Fsp3) is 0.611. The number of aromatic nitrogens is 4. The molecule has 2 aromatic rings. The molecule has 2 fully saturated rings. The second-order valence-corrected chi connectivity index (χ2v) is 7.32. The van der Waals surface area contributed by atoms with Gasteiger partial charge in [-0.3, -0.25) is 14.3 Å². The van der Waals surface area contributed by atoms with Crippen molar-refractivity contribution in [2.75, 3.05) is 39.4 Å². The van der Waals surface area contributed by atoms with Gasteiger partial charge in [0.25, 0.3) is 11.8 Å². The van der Waals surface area contributed by atoms with E-state index in [0.717, 1.165) is 12.8 Å². The fourth-order valence-electron chi connectivity index (χ4n) is 3.70. The molecule has 1 atom stereocenters. The first-order valence-corrected chi connectivity index (χ1v) is 9.60. The van der Waals surface area contributed by atoms with E-state index in [2.05, 4.69) is 15.5 Å². The van der Waals surface area contributed by atoms with Gasteiger partial charge < -0.3 is 19.1 Å². The Morgan fingerprint density at radius 2 is 2.00 bits per heavy atom. The molecule has 4 heterocycles. The SMILES string of the molecule is Cc1cc(C(=O)N2CCC[C@@H](Cn3cc(C(=O)N4CCOCC4)nn3)C2)on1. The number of piperidine rings is 1. The molecule has 0 unspecified atom stereocenters. The third kappa shape index (κ3) is 4.06. The summed E-state index contributed by atoms with van der Waals surface area (Å²) in [4.78, 5) is 28.6. The quantitative estimate of drug-likeness (QED) is 0.755. The minimum atomic E-state index is -0.132. The molecule has 10 heteroatoms. The summed E-state index contributed by atoms with van der Waals surface area (Å²) in [6.07, 6.45) is 3.60. The van der Waals surface area contributed by atoms with Crippen LogP contribution in [0.2, 0.25) is 0 Å². The predicted molar refractivity (Wildman–Crippen MR) is 96.6 cm³/mol. The highest BCUT2D eigenvalue weighted by molar-refractivity contribution is 5.92. The first-order chi connectivity index (χ1) is 13.6. The van der Waals surface area contributed by atoms with Crippen LogP contribution < -0.4 is 0 Å².